The van der Waals surface area contributed by atoms with Crippen molar-refractivity contribution >= 4 is 45.7 Å². The van der Waals surface area contributed by atoms with E-state index in [9.17, 15) is 4.79 Å². The molecular weight excluding hydrogens is 262 g/mol. The van der Waals surface area contributed by atoms with Crippen LogP contribution in [0.2, 0.25) is 0 Å². The van der Waals surface area contributed by atoms with E-state index in [0.29, 0.717) is 5.82 Å². The Hall–Kier alpha value is -1.40. The highest BCUT2D eigenvalue weighted by Gasteiger charge is 2.11. The van der Waals surface area contributed by atoms with Crippen LogP contribution in [0.25, 0.3) is 10.2 Å². The molecule has 0 bridgehead atoms. The summed E-state index contributed by atoms with van der Waals surface area (Å²) < 4.78 is 0. The lowest BCUT2D eigenvalue weighted by molar-refractivity contribution is -0.134. The summed E-state index contributed by atoms with van der Waals surface area (Å²) in [6.45, 7) is 3.87. The zero-order valence-corrected chi connectivity index (χ0v) is 11.0. The number of carbonyl (C=O) groups is 1. The zero-order chi connectivity index (χ0) is 11.7. The largest absolute Gasteiger partial charge is 0.480 e. The molecule has 5 nitrogen and oxygen atoms in total. The van der Waals surface area contributed by atoms with Crippen LogP contribution in [0.5, 0.6) is 0 Å². The van der Waals surface area contributed by atoms with Gasteiger partial charge in [0, 0.05) is 4.88 Å². The first kappa shape index (κ1) is 13.7. The van der Waals surface area contributed by atoms with Gasteiger partial charge in [-0.1, -0.05) is 0 Å². The number of aryl methyl sites for hydroxylation is 2. The fraction of sp³-hybridized carbons (Fsp3) is 0.300. The average molecular weight is 274 g/mol. The Morgan fingerprint density at radius 3 is 2.82 bits per heavy atom. The van der Waals surface area contributed by atoms with Crippen molar-refractivity contribution in [3.63, 3.8) is 0 Å². The number of carboxylic acid groups (broad SMARTS) is 1. The summed E-state index contributed by atoms with van der Waals surface area (Å²) in [5, 5.41) is 12.3. The summed E-state index contributed by atoms with van der Waals surface area (Å²) in [7, 11) is 0. The van der Waals surface area contributed by atoms with Crippen molar-refractivity contribution < 1.29 is 9.90 Å². The predicted molar refractivity (Wildman–Crippen MR) is 70.3 cm³/mol. The molecule has 0 saturated carbocycles. The van der Waals surface area contributed by atoms with E-state index >= 15 is 0 Å². The van der Waals surface area contributed by atoms with Gasteiger partial charge in [-0.2, -0.15) is 0 Å². The number of halogens is 1. The maximum Gasteiger partial charge on any atom is 0.322 e. The highest BCUT2D eigenvalue weighted by Crippen LogP contribution is 2.32. The van der Waals surface area contributed by atoms with Crippen LogP contribution in [0.4, 0.5) is 5.82 Å². The lowest BCUT2D eigenvalue weighted by Gasteiger charge is -2.03. The molecular formula is C10H12ClN3O2S. The molecule has 0 radical (unpaired) electrons. The maximum absolute atomic E-state index is 10.5. The van der Waals surface area contributed by atoms with Crippen molar-refractivity contribution in [2.45, 2.75) is 13.8 Å². The number of rotatable bonds is 3. The monoisotopic (exact) mass is 273 g/mol. The van der Waals surface area contributed by atoms with Crippen LogP contribution in [0.15, 0.2) is 6.33 Å². The molecule has 0 aliphatic heterocycles. The SMILES string of the molecule is Cc1sc2ncnc(NCC(=O)O)c2c1C.Cl. The normalized spacial score (nSPS) is 10.0. The Balaban J connectivity index is 0.00000144. The number of anilines is 1. The van der Waals surface area contributed by atoms with Crippen LogP contribution in [0, 0.1) is 13.8 Å². The van der Waals surface area contributed by atoms with Gasteiger partial charge < -0.3 is 10.4 Å². The van der Waals surface area contributed by atoms with E-state index < -0.39 is 5.97 Å². The highest BCUT2D eigenvalue weighted by atomic mass is 35.5. The molecule has 0 unspecified atom stereocenters. The quantitative estimate of drug-likeness (QED) is 0.897. The van der Waals surface area contributed by atoms with Gasteiger partial charge in [0.2, 0.25) is 0 Å². The summed E-state index contributed by atoms with van der Waals surface area (Å²) in [6, 6.07) is 0. The van der Waals surface area contributed by atoms with Crippen molar-refractivity contribution in [2.24, 2.45) is 0 Å². The van der Waals surface area contributed by atoms with Crippen molar-refractivity contribution in [2.75, 3.05) is 11.9 Å². The zero-order valence-electron chi connectivity index (χ0n) is 9.35. The van der Waals surface area contributed by atoms with Crippen LogP contribution in [0.3, 0.4) is 0 Å². The molecule has 2 aromatic heterocycles. The second-order valence-corrected chi connectivity index (χ2v) is 4.64. The molecule has 92 valence electrons. The summed E-state index contributed by atoms with van der Waals surface area (Å²) >= 11 is 1.59. The van der Waals surface area contributed by atoms with Gasteiger partial charge >= 0.3 is 5.97 Å². The minimum absolute atomic E-state index is 0. The van der Waals surface area contributed by atoms with E-state index in [0.717, 1.165) is 15.8 Å². The summed E-state index contributed by atoms with van der Waals surface area (Å²) in [5.41, 5.74) is 1.11. The van der Waals surface area contributed by atoms with Gasteiger partial charge in [-0.25, -0.2) is 9.97 Å². The molecule has 0 spiro atoms. The fourth-order valence-corrected chi connectivity index (χ4v) is 2.47. The van der Waals surface area contributed by atoms with Crippen molar-refractivity contribution in [3.8, 4) is 0 Å². The number of nitrogens with zero attached hydrogens (tertiary/aromatic N) is 2. The maximum atomic E-state index is 10.5. The average Bonchev–Trinajstić information content (AvgIpc) is 2.52. The minimum atomic E-state index is -0.906. The number of aromatic nitrogens is 2. The first-order chi connectivity index (χ1) is 7.59. The van der Waals surface area contributed by atoms with E-state index in [1.165, 1.54) is 11.2 Å². The van der Waals surface area contributed by atoms with Crippen LogP contribution in [-0.4, -0.2) is 27.6 Å². The van der Waals surface area contributed by atoms with Crippen LogP contribution in [-0.2, 0) is 4.79 Å². The Bertz CT molecular complexity index is 556. The number of thiophene rings is 1. The Labute approximate surface area is 108 Å². The fourth-order valence-electron chi connectivity index (χ4n) is 1.48. The molecule has 2 rings (SSSR count). The van der Waals surface area contributed by atoms with Crippen LogP contribution in [0.1, 0.15) is 10.4 Å². The van der Waals surface area contributed by atoms with Crippen molar-refractivity contribution in [3.05, 3.63) is 16.8 Å². The van der Waals surface area contributed by atoms with Gasteiger partial charge in [0.15, 0.2) is 0 Å². The topological polar surface area (TPSA) is 75.1 Å². The van der Waals surface area contributed by atoms with Gasteiger partial charge in [0.1, 0.15) is 23.5 Å². The van der Waals surface area contributed by atoms with Gasteiger partial charge in [-0.3, -0.25) is 4.79 Å². The molecule has 2 aromatic rings. The van der Waals surface area contributed by atoms with E-state index in [2.05, 4.69) is 15.3 Å². The molecule has 0 aliphatic carbocycles. The van der Waals surface area contributed by atoms with E-state index in [4.69, 9.17) is 5.11 Å². The molecule has 0 saturated heterocycles. The number of nitrogens with one attached hydrogen (secondary N) is 1. The second kappa shape index (κ2) is 5.29. The molecule has 0 aromatic carbocycles. The van der Waals surface area contributed by atoms with E-state index in [1.54, 1.807) is 11.3 Å². The van der Waals surface area contributed by atoms with Crippen LogP contribution >= 0.6 is 23.7 Å². The van der Waals surface area contributed by atoms with E-state index in [1.807, 2.05) is 13.8 Å². The first-order valence-electron chi connectivity index (χ1n) is 4.76. The third kappa shape index (κ3) is 2.65. The second-order valence-electron chi connectivity index (χ2n) is 3.43. The summed E-state index contributed by atoms with van der Waals surface area (Å²) in [4.78, 5) is 20.8. The molecule has 0 amide bonds. The first-order valence-corrected chi connectivity index (χ1v) is 5.57. The van der Waals surface area contributed by atoms with Gasteiger partial charge in [0.05, 0.1) is 5.39 Å². The lowest BCUT2D eigenvalue weighted by Crippen LogP contribution is -2.13. The summed E-state index contributed by atoms with van der Waals surface area (Å²) in [6.07, 6.45) is 1.45. The van der Waals surface area contributed by atoms with E-state index in [-0.39, 0.29) is 19.0 Å². The standard InChI is InChI=1S/C10H11N3O2S.ClH/c1-5-6(2)16-10-8(5)9(12-4-13-10)11-3-7(14)15;/h4H,3H2,1-2H3,(H,14,15)(H,11,12,13);1H. The minimum Gasteiger partial charge on any atom is -0.480 e. The third-order valence-electron chi connectivity index (χ3n) is 2.37. The lowest BCUT2D eigenvalue weighted by atomic mass is 10.2. The molecule has 7 heteroatoms. The van der Waals surface area contributed by atoms with Crippen molar-refractivity contribution in [1.29, 1.82) is 0 Å². The number of aliphatic carboxylic acids is 1. The van der Waals surface area contributed by atoms with Gasteiger partial charge in [0.25, 0.3) is 0 Å². The van der Waals surface area contributed by atoms with Crippen molar-refractivity contribution in [1.82, 2.24) is 9.97 Å². The van der Waals surface area contributed by atoms with Crippen LogP contribution < -0.4 is 5.32 Å². The smallest absolute Gasteiger partial charge is 0.322 e. The number of hydrogen-bond acceptors (Lipinski definition) is 5. The molecule has 2 N–H and O–H groups in total. The Kier molecular flexibility index (Phi) is 4.25. The predicted octanol–water partition coefficient (Wildman–Crippen LogP) is 2.23. The van der Waals surface area contributed by atoms with Gasteiger partial charge in [-0.05, 0) is 19.4 Å². The summed E-state index contributed by atoms with van der Waals surface area (Å²) in [5.74, 6) is -0.314. The number of hydrogen-bond donors (Lipinski definition) is 2. The molecule has 0 fully saturated rings. The highest BCUT2D eigenvalue weighted by molar-refractivity contribution is 7.18. The number of fused-ring (bicyclic) bond motifs is 1. The van der Waals surface area contributed by atoms with Gasteiger partial charge in [-0.15, -0.1) is 23.7 Å². The molecule has 0 aliphatic rings. The molecule has 17 heavy (non-hydrogen) atoms. The third-order valence-corrected chi connectivity index (χ3v) is 3.49. The Morgan fingerprint density at radius 1 is 1.47 bits per heavy atom. The molecule has 0 atom stereocenters. The Morgan fingerprint density at radius 2 is 2.18 bits per heavy atom. The number of carboxylic acids is 1. The molecule has 2 heterocycles.